The standard InChI is InChI=1S/C22H24N4O4S/c1-3-4-13-30-21(28)16-5-9-17(10-6-16)23-19(27)14-31-22-24-20(25-26-22)15-7-11-18(29-2)12-8-15/h5-12H,3-4,13-14H2,1-2H3,(H,23,27)(H,24,25,26). The number of amides is 1. The zero-order chi connectivity index (χ0) is 22.1. The number of methoxy groups -OCH3 is 1. The Morgan fingerprint density at radius 3 is 2.52 bits per heavy atom. The summed E-state index contributed by atoms with van der Waals surface area (Å²) in [6.07, 6.45) is 1.80. The summed E-state index contributed by atoms with van der Waals surface area (Å²) in [6.45, 7) is 2.44. The van der Waals surface area contributed by atoms with Crippen LogP contribution in [0.3, 0.4) is 0 Å². The van der Waals surface area contributed by atoms with Crippen molar-refractivity contribution in [2.45, 2.75) is 24.9 Å². The first kappa shape index (κ1) is 22.4. The molecule has 0 aliphatic carbocycles. The molecule has 0 fully saturated rings. The molecule has 1 heterocycles. The van der Waals surface area contributed by atoms with Crippen LogP contribution >= 0.6 is 11.8 Å². The van der Waals surface area contributed by atoms with E-state index >= 15 is 0 Å². The van der Waals surface area contributed by atoms with E-state index in [9.17, 15) is 9.59 Å². The number of ether oxygens (including phenoxy) is 2. The van der Waals surface area contributed by atoms with E-state index in [-0.39, 0.29) is 17.6 Å². The van der Waals surface area contributed by atoms with Crippen LogP contribution in [0.2, 0.25) is 0 Å². The average molecular weight is 441 g/mol. The van der Waals surface area contributed by atoms with Crippen LogP contribution in [0.1, 0.15) is 30.1 Å². The monoisotopic (exact) mass is 440 g/mol. The third kappa shape index (κ3) is 6.58. The van der Waals surface area contributed by atoms with Crippen molar-refractivity contribution in [1.82, 2.24) is 15.2 Å². The molecule has 3 rings (SSSR count). The number of carbonyl (C=O) groups is 2. The van der Waals surface area contributed by atoms with Crippen molar-refractivity contribution in [3.8, 4) is 17.1 Å². The number of aromatic amines is 1. The molecule has 162 valence electrons. The van der Waals surface area contributed by atoms with Crippen LogP contribution in [0.15, 0.2) is 53.7 Å². The maximum absolute atomic E-state index is 12.2. The quantitative estimate of drug-likeness (QED) is 0.277. The fraction of sp³-hybridized carbons (Fsp3) is 0.273. The third-order valence-corrected chi connectivity index (χ3v) is 5.14. The number of carbonyl (C=O) groups excluding carboxylic acids is 2. The Morgan fingerprint density at radius 2 is 1.84 bits per heavy atom. The topological polar surface area (TPSA) is 106 Å². The molecule has 1 aromatic heterocycles. The second kappa shape index (κ2) is 11.2. The number of aromatic nitrogens is 3. The highest BCUT2D eigenvalue weighted by molar-refractivity contribution is 7.99. The SMILES string of the molecule is CCCCOC(=O)c1ccc(NC(=O)CSc2n[nH]c(-c3ccc(OC)cc3)n2)cc1. The van der Waals surface area contributed by atoms with Crippen LogP contribution in [-0.4, -0.2) is 46.5 Å². The number of rotatable bonds is 10. The van der Waals surface area contributed by atoms with Gasteiger partial charge in [0.2, 0.25) is 11.1 Å². The minimum Gasteiger partial charge on any atom is -0.497 e. The zero-order valence-electron chi connectivity index (χ0n) is 17.4. The molecule has 0 unspecified atom stereocenters. The molecule has 9 heteroatoms. The average Bonchev–Trinajstić information content (AvgIpc) is 3.27. The maximum atomic E-state index is 12.2. The van der Waals surface area contributed by atoms with Crippen LogP contribution in [0, 0.1) is 0 Å². The Kier molecular flexibility index (Phi) is 8.05. The molecule has 0 atom stereocenters. The number of anilines is 1. The van der Waals surface area contributed by atoms with Crippen molar-refractivity contribution < 1.29 is 19.1 Å². The van der Waals surface area contributed by atoms with Crippen LogP contribution in [0.5, 0.6) is 5.75 Å². The molecule has 2 aromatic carbocycles. The first-order valence-corrected chi connectivity index (χ1v) is 10.8. The van der Waals surface area contributed by atoms with Crippen molar-refractivity contribution in [2.24, 2.45) is 0 Å². The van der Waals surface area contributed by atoms with Crippen LogP contribution in [0.25, 0.3) is 11.4 Å². The minimum absolute atomic E-state index is 0.153. The van der Waals surface area contributed by atoms with Crippen LogP contribution in [0.4, 0.5) is 5.69 Å². The summed E-state index contributed by atoms with van der Waals surface area (Å²) < 4.78 is 10.3. The van der Waals surface area contributed by atoms with Gasteiger partial charge < -0.3 is 14.8 Å². The number of benzene rings is 2. The largest absolute Gasteiger partial charge is 0.497 e. The highest BCUT2D eigenvalue weighted by Crippen LogP contribution is 2.22. The predicted molar refractivity (Wildman–Crippen MR) is 119 cm³/mol. The Balaban J connectivity index is 1.48. The number of unbranched alkanes of at least 4 members (excludes halogenated alkanes) is 1. The van der Waals surface area contributed by atoms with Gasteiger partial charge in [-0.05, 0) is 55.0 Å². The van der Waals surface area contributed by atoms with Gasteiger partial charge in [0.1, 0.15) is 5.75 Å². The van der Waals surface area contributed by atoms with Gasteiger partial charge in [-0.3, -0.25) is 9.89 Å². The number of thioether (sulfide) groups is 1. The number of hydrogen-bond acceptors (Lipinski definition) is 7. The number of esters is 1. The lowest BCUT2D eigenvalue weighted by Gasteiger charge is -2.06. The Hall–Kier alpha value is -3.33. The molecule has 2 N–H and O–H groups in total. The molecule has 0 aliphatic heterocycles. The normalized spacial score (nSPS) is 10.5. The third-order valence-electron chi connectivity index (χ3n) is 4.30. The van der Waals surface area contributed by atoms with Gasteiger partial charge in [-0.15, -0.1) is 5.10 Å². The first-order valence-electron chi connectivity index (χ1n) is 9.85. The minimum atomic E-state index is -0.362. The second-order valence-corrected chi connectivity index (χ2v) is 7.54. The summed E-state index contributed by atoms with van der Waals surface area (Å²) in [5.41, 5.74) is 1.93. The Labute approximate surface area is 184 Å². The first-order chi connectivity index (χ1) is 15.1. The molecular formula is C22H24N4O4S. The van der Waals surface area contributed by atoms with E-state index in [1.54, 1.807) is 31.4 Å². The summed E-state index contributed by atoms with van der Waals surface area (Å²) in [6, 6.07) is 14.1. The van der Waals surface area contributed by atoms with Crippen molar-refractivity contribution >= 4 is 29.3 Å². The fourth-order valence-corrected chi connectivity index (χ4v) is 3.20. The van der Waals surface area contributed by atoms with Crippen molar-refractivity contribution in [3.63, 3.8) is 0 Å². The predicted octanol–water partition coefficient (Wildman–Crippen LogP) is 4.17. The summed E-state index contributed by atoms with van der Waals surface area (Å²) in [5, 5.41) is 10.3. The summed E-state index contributed by atoms with van der Waals surface area (Å²) >= 11 is 1.23. The van der Waals surface area contributed by atoms with E-state index in [1.165, 1.54) is 11.8 Å². The van der Waals surface area contributed by atoms with Gasteiger partial charge in [0.25, 0.3) is 0 Å². The van der Waals surface area contributed by atoms with E-state index in [4.69, 9.17) is 9.47 Å². The molecule has 1 amide bonds. The summed E-state index contributed by atoms with van der Waals surface area (Å²) in [5.74, 6) is 0.974. The van der Waals surface area contributed by atoms with E-state index < -0.39 is 0 Å². The Morgan fingerprint density at radius 1 is 1.10 bits per heavy atom. The van der Waals surface area contributed by atoms with Crippen LogP contribution in [-0.2, 0) is 9.53 Å². The molecule has 0 aliphatic rings. The van der Waals surface area contributed by atoms with Gasteiger partial charge in [-0.25, -0.2) is 9.78 Å². The van der Waals surface area contributed by atoms with E-state index in [2.05, 4.69) is 20.5 Å². The highest BCUT2D eigenvalue weighted by atomic mass is 32.2. The molecule has 31 heavy (non-hydrogen) atoms. The van der Waals surface area contributed by atoms with Gasteiger partial charge >= 0.3 is 5.97 Å². The van der Waals surface area contributed by atoms with E-state index in [0.29, 0.717) is 28.8 Å². The molecule has 0 radical (unpaired) electrons. The lowest BCUT2D eigenvalue weighted by Crippen LogP contribution is -2.14. The fourth-order valence-electron chi connectivity index (χ4n) is 2.60. The van der Waals surface area contributed by atoms with E-state index in [0.717, 1.165) is 24.2 Å². The molecular weight excluding hydrogens is 416 g/mol. The summed E-state index contributed by atoms with van der Waals surface area (Å²) in [7, 11) is 1.61. The zero-order valence-corrected chi connectivity index (χ0v) is 18.2. The van der Waals surface area contributed by atoms with Gasteiger partial charge in [0.15, 0.2) is 5.82 Å². The van der Waals surface area contributed by atoms with Crippen LogP contribution < -0.4 is 10.1 Å². The summed E-state index contributed by atoms with van der Waals surface area (Å²) in [4.78, 5) is 28.5. The van der Waals surface area contributed by atoms with E-state index in [1.807, 2.05) is 31.2 Å². The molecule has 0 spiro atoms. The van der Waals surface area contributed by atoms with Crippen molar-refractivity contribution in [1.29, 1.82) is 0 Å². The number of H-pyrrole nitrogens is 1. The van der Waals surface area contributed by atoms with Crippen molar-refractivity contribution in [2.75, 3.05) is 24.8 Å². The lowest BCUT2D eigenvalue weighted by molar-refractivity contribution is -0.113. The van der Waals surface area contributed by atoms with Gasteiger partial charge in [0.05, 0.1) is 25.0 Å². The number of nitrogens with one attached hydrogen (secondary N) is 2. The molecule has 0 bridgehead atoms. The molecule has 0 saturated heterocycles. The highest BCUT2D eigenvalue weighted by Gasteiger charge is 2.11. The van der Waals surface area contributed by atoms with Gasteiger partial charge in [-0.2, -0.15) is 0 Å². The Bertz CT molecular complexity index is 1000. The lowest BCUT2D eigenvalue weighted by atomic mass is 10.2. The molecule has 3 aromatic rings. The second-order valence-electron chi connectivity index (χ2n) is 6.60. The van der Waals surface area contributed by atoms with Crippen molar-refractivity contribution in [3.05, 3.63) is 54.1 Å². The maximum Gasteiger partial charge on any atom is 0.338 e. The molecule has 0 saturated carbocycles. The smallest absolute Gasteiger partial charge is 0.338 e. The number of nitrogens with zero attached hydrogens (tertiary/aromatic N) is 2. The van der Waals surface area contributed by atoms with Gasteiger partial charge in [-0.1, -0.05) is 25.1 Å². The molecule has 8 nitrogen and oxygen atoms in total. The van der Waals surface area contributed by atoms with Gasteiger partial charge in [0, 0.05) is 11.3 Å². The number of hydrogen-bond donors (Lipinski definition) is 2.